The molecule has 0 atom stereocenters. The van der Waals surface area contributed by atoms with Gasteiger partial charge in [0.05, 0.1) is 11.7 Å². The van der Waals surface area contributed by atoms with Crippen LogP contribution in [0.2, 0.25) is 0 Å². The first-order chi connectivity index (χ1) is 13.1. The number of likely N-dealkylation sites (N-methyl/N-ethyl adjacent to an activating group) is 1. The number of allylic oxidation sites excluding steroid dienone is 2. The molecule has 0 bridgehead atoms. The number of hydrogen-bond acceptors (Lipinski definition) is 5. The highest BCUT2D eigenvalue weighted by Gasteiger charge is 2.21. The van der Waals surface area contributed by atoms with Crippen LogP contribution in [0, 0.1) is 6.92 Å². The Bertz CT molecular complexity index is 1090. The van der Waals surface area contributed by atoms with Crippen LogP contribution in [-0.2, 0) is 11.3 Å². The van der Waals surface area contributed by atoms with E-state index in [1.807, 2.05) is 18.4 Å². The molecule has 0 fully saturated rings. The number of hydrogen-bond donors (Lipinski definition) is 0. The van der Waals surface area contributed by atoms with Crippen molar-refractivity contribution < 1.29 is 4.79 Å². The molecule has 1 aliphatic rings. The first-order valence-corrected chi connectivity index (χ1v) is 10.8. The van der Waals surface area contributed by atoms with Crippen molar-refractivity contribution in [3.63, 3.8) is 0 Å². The summed E-state index contributed by atoms with van der Waals surface area (Å²) in [5.41, 5.74) is 1.85. The van der Waals surface area contributed by atoms with E-state index in [1.165, 1.54) is 27.1 Å². The van der Waals surface area contributed by atoms with Crippen molar-refractivity contribution in [1.82, 2.24) is 14.5 Å². The number of amides is 1. The minimum Gasteiger partial charge on any atom is -0.315 e. The molecule has 4 rings (SSSR count). The van der Waals surface area contributed by atoms with E-state index in [4.69, 9.17) is 0 Å². The number of fused-ring (bicyclic) bond motifs is 1. The van der Waals surface area contributed by atoms with Crippen LogP contribution < -0.4 is 5.56 Å². The Morgan fingerprint density at radius 3 is 2.89 bits per heavy atom. The third-order valence-electron chi connectivity index (χ3n) is 4.85. The third-order valence-corrected chi connectivity index (χ3v) is 6.77. The molecule has 0 saturated carbocycles. The zero-order valence-electron chi connectivity index (χ0n) is 15.4. The summed E-state index contributed by atoms with van der Waals surface area (Å²) in [4.78, 5) is 35.1. The Labute approximate surface area is 165 Å². The quantitative estimate of drug-likeness (QED) is 0.638. The number of rotatable bonds is 5. The Morgan fingerprint density at radius 2 is 2.22 bits per heavy atom. The van der Waals surface area contributed by atoms with Crippen molar-refractivity contribution in [2.75, 3.05) is 6.54 Å². The van der Waals surface area contributed by atoms with Gasteiger partial charge in [0.15, 0.2) is 0 Å². The first-order valence-electron chi connectivity index (χ1n) is 9.11. The smallest absolute Gasteiger partial charge is 0.263 e. The van der Waals surface area contributed by atoms with E-state index in [-0.39, 0.29) is 18.0 Å². The summed E-state index contributed by atoms with van der Waals surface area (Å²) in [6, 6.07) is 4.09. The van der Waals surface area contributed by atoms with Gasteiger partial charge in [-0.05, 0) is 45.2 Å². The van der Waals surface area contributed by atoms with E-state index in [2.05, 4.69) is 24.1 Å². The van der Waals surface area contributed by atoms with Crippen molar-refractivity contribution in [1.29, 1.82) is 0 Å². The standard InChI is InChI=1S/C20H21N3O2S2/c1-3-23(14-6-4-5-7-14)17(24)10-22-12-21-19-18(20(22)25)15(11-26-19)16-9-8-13(2)27-16/h6,8-9,11-12H,3-5,7,10H2,1-2H3. The summed E-state index contributed by atoms with van der Waals surface area (Å²) in [7, 11) is 0. The molecule has 140 valence electrons. The number of thiophene rings is 2. The van der Waals surface area contributed by atoms with Gasteiger partial charge in [-0.1, -0.05) is 6.08 Å². The van der Waals surface area contributed by atoms with Crippen LogP contribution in [0.25, 0.3) is 20.7 Å². The topological polar surface area (TPSA) is 55.2 Å². The lowest BCUT2D eigenvalue weighted by atomic mass is 10.2. The van der Waals surface area contributed by atoms with Crippen molar-refractivity contribution >= 4 is 38.8 Å². The normalized spacial score (nSPS) is 13.9. The average Bonchev–Trinajstić information content (AvgIpc) is 3.38. The Hall–Kier alpha value is -2.25. The largest absolute Gasteiger partial charge is 0.315 e. The van der Waals surface area contributed by atoms with Crippen LogP contribution in [0.3, 0.4) is 0 Å². The second kappa shape index (κ2) is 7.40. The number of aryl methyl sites for hydroxylation is 1. The van der Waals surface area contributed by atoms with Crippen LogP contribution >= 0.6 is 22.7 Å². The molecule has 7 heteroatoms. The lowest BCUT2D eigenvalue weighted by Crippen LogP contribution is -2.35. The second-order valence-electron chi connectivity index (χ2n) is 6.64. The molecule has 1 aliphatic carbocycles. The summed E-state index contributed by atoms with van der Waals surface area (Å²) >= 11 is 3.13. The maximum Gasteiger partial charge on any atom is 0.263 e. The van der Waals surface area contributed by atoms with Gasteiger partial charge in [0.25, 0.3) is 5.56 Å². The zero-order chi connectivity index (χ0) is 19.0. The highest BCUT2D eigenvalue weighted by Crippen LogP contribution is 2.34. The number of aromatic nitrogens is 2. The molecular weight excluding hydrogens is 378 g/mol. The lowest BCUT2D eigenvalue weighted by molar-refractivity contribution is -0.129. The summed E-state index contributed by atoms with van der Waals surface area (Å²) in [6.07, 6.45) is 6.66. The Morgan fingerprint density at radius 1 is 1.37 bits per heavy atom. The van der Waals surface area contributed by atoms with Gasteiger partial charge >= 0.3 is 0 Å². The van der Waals surface area contributed by atoms with Crippen molar-refractivity contribution in [3.05, 3.63) is 50.8 Å². The Kier molecular flexibility index (Phi) is 4.97. The monoisotopic (exact) mass is 399 g/mol. The maximum absolute atomic E-state index is 13.1. The third kappa shape index (κ3) is 3.37. The van der Waals surface area contributed by atoms with Crippen LogP contribution in [0.1, 0.15) is 31.1 Å². The molecule has 0 N–H and O–H groups in total. The summed E-state index contributed by atoms with van der Waals surface area (Å²) in [5.74, 6) is -0.0577. The van der Waals surface area contributed by atoms with Crippen molar-refractivity contribution in [3.8, 4) is 10.4 Å². The van der Waals surface area contributed by atoms with Gasteiger partial charge in [0.1, 0.15) is 11.4 Å². The van der Waals surface area contributed by atoms with E-state index in [1.54, 1.807) is 16.2 Å². The number of nitrogens with zero attached hydrogens (tertiary/aromatic N) is 3. The van der Waals surface area contributed by atoms with E-state index in [0.29, 0.717) is 11.9 Å². The minimum absolute atomic E-state index is 0.0196. The SMILES string of the molecule is CCN(C(=O)Cn1cnc2scc(-c3ccc(C)s3)c2c1=O)C1=CCCC1. The predicted molar refractivity (Wildman–Crippen MR) is 111 cm³/mol. The molecule has 0 saturated heterocycles. The van der Waals surface area contributed by atoms with Crippen molar-refractivity contribution in [2.24, 2.45) is 0 Å². The second-order valence-corrected chi connectivity index (χ2v) is 8.79. The summed E-state index contributed by atoms with van der Waals surface area (Å²) in [6.45, 7) is 4.66. The average molecular weight is 400 g/mol. The van der Waals surface area contributed by atoms with Crippen LogP contribution in [-0.4, -0.2) is 26.9 Å². The van der Waals surface area contributed by atoms with Crippen LogP contribution in [0.5, 0.6) is 0 Å². The minimum atomic E-state index is -0.146. The molecule has 3 heterocycles. The molecular formula is C20H21N3O2S2. The molecule has 3 aromatic rings. The molecule has 27 heavy (non-hydrogen) atoms. The zero-order valence-corrected chi connectivity index (χ0v) is 17.0. The molecule has 3 aromatic heterocycles. The highest BCUT2D eigenvalue weighted by molar-refractivity contribution is 7.19. The molecule has 1 amide bonds. The molecule has 0 spiro atoms. The molecule has 0 unspecified atom stereocenters. The van der Waals surface area contributed by atoms with Gasteiger partial charge in [-0.15, -0.1) is 22.7 Å². The molecule has 0 aromatic carbocycles. The molecule has 5 nitrogen and oxygen atoms in total. The predicted octanol–water partition coefficient (Wildman–Crippen LogP) is 4.41. The summed E-state index contributed by atoms with van der Waals surface area (Å²) < 4.78 is 1.44. The van der Waals surface area contributed by atoms with Gasteiger partial charge in [-0.2, -0.15) is 0 Å². The van der Waals surface area contributed by atoms with E-state index >= 15 is 0 Å². The Balaban J connectivity index is 1.69. The van der Waals surface area contributed by atoms with Gasteiger partial charge in [0.2, 0.25) is 5.91 Å². The maximum atomic E-state index is 13.1. The first kappa shape index (κ1) is 18.1. The number of carbonyl (C=O) groups is 1. The fraction of sp³-hybridized carbons (Fsp3) is 0.350. The fourth-order valence-corrected chi connectivity index (χ4v) is 5.37. The van der Waals surface area contributed by atoms with Gasteiger partial charge < -0.3 is 4.90 Å². The van der Waals surface area contributed by atoms with Crippen LogP contribution in [0.15, 0.2) is 40.4 Å². The van der Waals surface area contributed by atoms with Gasteiger partial charge in [-0.3, -0.25) is 14.2 Å². The van der Waals surface area contributed by atoms with Crippen LogP contribution in [0.4, 0.5) is 0 Å². The lowest BCUT2D eigenvalue weighted by Gasteiger charge is -2.22. The van der Waals surface area contributed by atoms with E-state index < -0.39 is 0 Å². The molecule has 0 radical (unpaired) electrons. The molecule has 0 aliphatic heterocycles. The highest BCUT2D eigenvalue weighted by atomic mass is 32.1. The van der Waals surface area contributed by atoms with Gasteiger partial charge in [0, 0.05) is 32.9 Å². The number of carbonyl (C=O) groups excluding carboxylic acids is 1. The summed E-state index contributed by atoms with van der Waals surface area (Å²) in [5, 5.41) is 2.60. The van der Waals surface area contributed by atoms with Crippen molar-refractivity contribution in [2.45, 2.75) is 39.7 Å². The fourth-order valence-electron chi connectivity index (χ4n) is 3.51. The van der Waals surface area contributed by atoms with Gasteiger partial charge in [-0.25, -0.2) is 4.98 Å². The van der Waals surface area contributed by atoms with E-state index in [9.17, 15) is 9.59 Å². The van der Waals surface area contributed by atoms with E-state index in [0.717, 1.165) is 40.2 Å².